The van der Waals surface area contributed by atoms with Crippen LogP contribution in [0.15, 0.2) is 73.3 Å². The lowest BCUT2D eigenvalue weighted by Gasteiger charge is -2.26. The van der Waals surface area contributed by atoms with Crippen molar-refractivity contribution >= 4 is 28.3 Å². The number of benzene rings is 1. The molecule has 2 N–H and O–H groups in total. The Balaban J connectivity index is 0.00000289. The predicted molar refractivity (Wildman–Crippen MR) is 135 cm³/mol. The zero-order valence-corrected chi connectivity index (χ0v) is 19.0. The standard InChI is InChI=1S/C26H28N6O2.H2/c33-26(23-2-1-8-28-25(23)29-19-20-5-9-27-10-6-20)30-22-4-3-21-7-11-32(24(21)18-22)13-12-31-14-16-34-17-15-31;/h1-11,18H,12-17,19H2,(H,28,29)(H,30,33);1H. The van der Waals surface area contributed by atoms with Crippen molar-refractivity contribution in [3.8, 4) is 0 Å². The van der Waals surface area contributed by atoms with Crippen LogP contribution in [-0.4, -0.2) is 58.2 Å². The summed E-state index contributed by atoms with van der Waals surface area (Å²) in [6.45, 7) is 5.99. The Morgan fingerprint density at radius 1 is 1.03 bits per heavy atom. The van der Waals surface area contributed by atoms with E-state index in [0.29, 0.717) is 17.9 Å². The third-order valence-corrected chi connectivity index (χ3v) is 6.05. The van der Waals surface area contributed by atoms with Gasteiger partial charge in [-0.2, -0.15) is 0 Å². The van der Waals surface area contributed by atoms with E-state index in [-0.39, 0.29) is 7.33 Å². The van der Waals surface area contributed by atoms with Crippen molar-refractivity contribution in [2.75, 3.05) is 43.5 Å². The number of pyridine rings is 2. The van der Waals surface area contributed by atoms with Gasteiger partial charge in [0.15, 0.2) is 0 Å². The summed E-state index contributed by atoms with van der Waals surface area (Å²) in [5.41, 5.74) is 3.43. The average Bonchev–Trinajstić information content (AvgIpc) is 3.30. The molecule has 8 heteroatoms. The summed E-state index contributed by atoms with van der Waals surface area (Å²) in [7, 11) is 0. The number of fused-ring (bicyclic) bond motifs is 1. The molecule has 0 atom stereocenters. The second kappa shape index (κ2) is 10.5. The summed E-state index contributed by atoms with van der Waals surface area (Å²) in [5, 5.41) is 7.46. The molecule has 1 aliphatic rings. The highest BCUT2D eigenvalue weighted by atomic mass is 16.5. The topological polar surface area (TPSA) is 84.3 Å². The van der Waals surface area contributed by atoms with E-state index in [0.717, 1.165) is 61.5 Å². The molecule has 1 amide bonds. The Bertz CT molecular complexity index is 1260. The number of hydrogen-bond acceptors (Lipinski definition) is 6. The molecule has 1 aromatic carbocycles. The molecule has 8 nitrogen and oxygen atoms in total. The molecule has 0 bridgehead atoms. The van der Waals surface area contributed by atoms with Gasteiger partial charge in [-0.3, -0.25) is 14.7 Å². The maximum absolute atomic E-state index is 13.1. The number of carbonyl (C=O) groups is 1. The third kappa shape index (κ3) is 5.24. The molecular formula is C26H30N6O2. The van der Waals surface area contributed by atoms with Gasteiger partial charge in [0.05, 0.1) is 24.3 Å². The van der Waals surface area contributed by atoms with Crippen LogP contribution in [0.5, 0.6) is 0 Å². The fraction of sp³-hybridized carbons (Fsp3) is 0.269. The van der Waals surface area contributed by atoms with Gasteiger partial charge in [-0.15, -0.1) is 0 Å². The summed E-state index contributed by atoms with van der Waals surface area (Å²) in [5.74, 6) is 0.350. The lowest BCUT2D eigenvalue weighted by Crippen LogP contribution is -2.38. The second-order valence-electron chi connectivity index (χ2n) is 8.30. The number of hydrogen-bond donors (Lipinski definition) is 2. The lowest BCUT2D eigenvalue weighted by molar-refractivity contribution is 0.0365. The third-order valence-electron chi connectivity index (χ3n) is 6.05. The first-order valence-electron chi connectivity index (χ1n) is 11.5. The molecule has 4 heterocycles. The average molecular weight is 459 g/mol. The minimum atomic E-state index is -0.198. The van der Waals surface area contributed by atoms with Crippen molar-refractivity contribution in [1.29, 1.82) is 0 Å². The minimum Gasteiger partial charge on any atom is -0.379 e. The molecule has 5 rings (SSSR count). The van der Waals surface area contributed by atoms with Crippen LogP contribution in [0.3, 0.4) is 0 Å². The van der Waals surface area contributed by atoms with Gasteiger partial charge in [0, 0.05) is 64.6 Å². The molecule has 0 saturated carbocycles. The molecule has 3 aromatic heterocycles. The molecule has 34 heavy (non-hydrogen) atoms. The number of anilines is 2. The van der Waals surface area contributed by atoms with Gasteiger partial charge in [0.2, 0.25) is 0 Å². The Hall–Kier alpha value is -3.75. The summed E-state index contributed by atoms with van der Waals surface area (Å²) < 4.78 is 7.68. The molecule has 1 fully saturated rings. The van der Waals surface area contributed by atoms with E-state index in [2.05, 4.69) is 42.3 Å². The highest BCUT2D eigenvalue weighted by Crippen LogP contribution is 2.22. The Morgan fingerprint density at radius 3 is 2.74 bits per heavy atom. The number of carbonyl (C=O) groups excluding carboxylic acids is 1. The monoisotopic (exact) mass is 458 g/mol. The zero-order valence-electron chi connectivity index (χ0n) is 19.0. The smallest absolute Gasteiger partial charge is 0.259 e. The van der Waals surface area contributed by atoms with Gasteiger partial charge in [-0.25, -0.2) is 4.98 Å². The van der Waals surface area contributed by atoms with Crippen molar-refractivity contribution in [2.45, 2.75) is 13.1 Å². The molecule has 1 saturated heterocycles. The molecule has 4 aromatic rings. The van der Waals surface area contributed by atoms with E-state index in [4.69, 9.17) is 4.74 Å². The molecule has 0 spiro atoms. The van der Waals surface area contributed by atoms with Crippen molar-refractivity contribution in [3.63, 3.8) is 0 Å². The fourth-order valence-corrected chi connectivity index (χ4v) is 4.14. The van der Waals surface area contributed by atoms with Crippen molar-refractivity contribution in [3.05, 3.63) is 84.4 Å². The van der Waals surface area contributed by atoms with Crippen LogP contribution in [0.25, 0.3) is 10.9 Å². The van der Waals surface area contributed by atoms with Gasteiger partial charge in [-0.05, 0) is 53.4 Å². The lowest BCUT2D eigenvalue weighted by atomic mass is 10.2. The number of rotatable bonds is 8. The van der Waals surface area contributed by atoms with E-state index >= 15 is 0 Å². The first-order chi connectivity index (χ1) is 16.8. The number of nitrogens with zero attached hydrogens (tertiary/aromatic N) is 4. The molecule has 176 valence electrons. The highest BCUT2D eigenvalue weighted by molar-refractivity contribution is 6.08. The van der Waals surface area contributed by atoms with Crippen LogP contribution in [0.1, 0.15) is 17.3 Å². The number of nitrogens with one attached hydrogen (secondary N) is 2. The van der Waals surface area contributed by atoms with E-state index in [1.807, 2.05) is 30.3 Å². The predicted octanol–water partition coefficient (Wildman–Crippen LogP) is 3.87. The van der Waals surface area contributed by atoms with Crippen LogP contribution >= 0.6 is 0 Å². The summed E-state index contributed by atoms with van der Waals surface area (Å²) in [4.78, 5) is 23.9. The van der Waals surface area contributed by atoms with Crippen LogP contribution in [0.2, 0.25) is 0 Å². The number of morpholine rings is 1. The van der Waals surface area contributed by atoms with E-state index in [9.17, 15) is 4.79 Å². The Kier molecular flexibility index (Phi) is 6.78. The molecule has 0 unspecified atom stereocenters. The van der Waals surface area contributed by atoms with Crippen LogP contribution in [-0.2, 0) is 17.8 Å². The molecule has 0 aliphatic carbocycles. The number of amides is 1. The normalized spacial score (nSPS) is 14.2. The fourth-order valence-electron chi connectivity index (χ4n) is 4.14. The summed E-state index contributed by atoms with van der Waals surface area (Å²) >= 11 is 0. The number of aromatic nitrogens is 3. The van der Waals surface area contributed by atoms with Crippen molar-refractivity contribution in [2.24, 2.45) is 0 Å². The van der Waals surface area contributed by atoms with Crippen molar-refractivity contribution in [1.82, 2.24) is 19.4 Å². The minimum absolute atomic E-state index is 0. The van der Waals surface area contributed by atoms with Crippen LogP contribution in [0.4, 0.5) is 11.5 Å². The first-order valence-corrected chi connectivity index (χ1v) is 11.5. The highest BCUT2D eigenvalue weighted by Gasteiger charge is 2.14. The van der Waals surface area contributed by atoms with Gasteiger partial charge >= 0.3 is 0 Å². The van der Waals surface area contributed by atoms with E-state index in [1.165, 1.54) is 0 Å². The molecule has 1 aliphatic heterocycles. The Labute approximate surface area is 200 Å². The van der Waals surface area contributed by atoms with E-state index in [1.54, 1.807) is 30.7 Å². The zero-order chi connectivity index (χ0) is 23.2. The second-order valence-corrected chi connectivity index (χ2v) is 8.30. The van der Waals surface area contributed by atoms with Crippen LogP contribution in [0, 0.1) is 0 Å². The van der Waals surface area contributed by atoms with E-state index < -0.39 is 0 Å². The number of ether oxygens (including phenoxy) is 1. The quantitative estimate of drug-likeness (QED) is 0.417. The SMILES string of the molecule is O=C(Nc1ccc2ccn(CCN3CCOCC3)c2c1)c1cccnc1NCc1ccncc1.[HH]. The molecule has 0 radical (unpaired) electrons. The largest absolute Gasteiger partial charge is 0.379 e. The van der Waals surface area contributed by atoms with Gasteiger partial charge < -0.3 is 19.9 Å². The van der Waals surface area contributed by atoms with Gasteiger partial charge in [0.25, 0.3) is 5.91 Å². The Morgan fingerprint density at radius 2 is 1.88 bits per heavy atom. The first kappa shape index (κ1) is 22.1. The maximum Gasteiger partial charge on any atom is 0.259 e. The summed E-state index contributed by atoms with van der Waals surface area (Å²) in [6.07, 6.45) is 7.28. The molecular weight excluding hydrogens is 428 g/mol. The van der Waals surface area contributed by atoms with Gasteiger partial charge in [-0.1, -0.05) is 6.07 Å². The summed E-state index contributed by atoms with van der Waals surface area (Å²) in [6, 6.07) is 15.5. The van der Waals surface area contributed by atoms with Crippen LogP contribution < -0.4 is 10.6 Å². The maximum atomic E-state index is 13.1. The van der Waals surface area contributed by atoms with Gasteiger partial charge in [0.1, 0.15) is 5.82 Å². The van der Waals surface area contributed by atoms with Crippen molar-refractivity contribution < 1.29 is 11.0 Å².